The lowest BCUT2D eigenvalue weighted by atomic mass is 9.98. The number of hydrogen-bond acceptors (Lipinski definition) is 9. The van der Waals surface area contributed by atoms with Crippen LogP contribution < -0.4 is 0 Å². The lowest BCUT2D eigenvalue weighted by Gasteiger charge is -2.43. The van der Waals surface area contributed by atoms with Gasteiger partial charge in [0.05, 0.1) is 24.9 Å². The summed E-state index contributed by atoms with van der Waals surface area (Å²) in [4.78, 5) is 0. The molecule has 2 heterocycles. The largest absolute Gasteiger partial charge is 0.394 e. The van der Waals surface area contributed by atoms with E-state index in [1.807, 2.05) is 0 Å². The van der Waals surface area contributed by atoms with Crippen molar-refractivity contribution in [3.8, 4) is 0 Å². The molecule has 2 rings (SSSR count). The molecule has 0 aromatic rings. The van der Waals surface area contributed by atoms with Gasteiger partial charge in [-0.25, -0.2) is 0 Å². The zero-order valence-electron chi connectivity index (χ0n) is 11.5. The summed E-state index contributed by atoms with van der Waals surface area (Å²) in [6.45, 7) is 1.16. The maximum Gasteiger partial charge on any atom is 0.186 e. The number of aliphatic hydroxyl groups is 6. The molecule has 124 valence electrons. The van der Waals surface area contributed by atoms with Crippen LogP contribution in [0.1, 0.15) is 13.3 Å². The van der Waals surface area contributed by atoms with Gasteiger partial charge >= 0.3 is 0 Å². The summed E-state index contributed by atoms with van der Waals surface area (Å²) in [5.41, 5.74) is 0. The molecular weight excluding hydrogens is 288 g/mol. The Balaban J connectivity index is 2.04. The van der Waals surface area contributed by atoms with Gasteiger partial charge in [0.15, 0.2) is 12.6 Å². The minimum absolute atomic E-state index is 0.0537. The minimum atomic E-state index is -1.56. The Morgan fingerprint density at radius 3 is 2.29 bits per heavy atom. The van der Waals surface area contributed by atoms with Crippen molar-refractivity contribution in [3.63, 3.8) is 0 Å². The first-order chi connectivity index (χ1) is 9.85. The van der Waals surface area contributed by atoms with Gasteiger partial charge < -0.3 is 44.8 Å². The van der Waals surface area contributed by atoms with Crippen molar-refractivity contribution in [2.24, 2.45) is 0 Å². The van der Waals surface area contributed by atoms with Crippen molar-refractivity contribution in [2.75, 3.05) is 6.61 Å². The van der Waals surface area contributed by atoms with Crippen molar-refractivity contribution >= 4 is 0 Å². The molecule has 2 aliphatic rings. The van der Waals surface area contributed by atoms with E-state index in [9.17, 15) is 25.5 Å². The molecule has 0 amide bonds. The number of aliphatic hydroxyl groups excluding tert-OH is 6. The average Bonchev–Trinajstić information content (AvgIpc) is 2.45. The molecule has 0 unspecified atom stereocenters. The van der Waals surface area contributed by atoms with Gasteiger partial charge in [0.2, 0.25) is 0 Å². The molecule has 0 aromatic carbocycles. The molecule has 0 saturated carbocycles. The van der Waals surface area contributed by atoms with Crippen LogP contribution in [0.2, 0.25) is 0 Å². The van der Waals surface area contributed by atoms with Crippen LogP contribution in [0.5, 0.6) is 0 Å². The van der Waals surface area contributed by atoms with Crippen LogP contribution in [0.25, 0.3) is 0 Å². The third kappa shape index (κ3) is 3.52. The maximum atomic E-state index is 9.92. The fraction of sp³-hybridized carbons (Fsp3) is 1.00. The van der Waals surface area contributed by atoms with E-state index in [2.05, 4.69) is 0 Å². The van der Waals surface area contributed by atoms with Gasteiger partial charge in [-0.05, 0) is 6.92 Å². The summed E-state index contributed by atoms with van der Waals surface area (Å²) in [5.74, 6) is 0. The van der Waals surface area contributed by atoms with Crippen LogP contribution in [-0.2, 0) is 14.2 Å². The highest BCUT2D eigenvalue weighted by Gasteiger charge is 2.46. The first-order valence-corrected chi connectivity index (χ1v) is 6.82. The monoisotopic (exact) mass is 310 g/mol. The van der Waals surface area contributed by atoms with Crippen LogP contribution >= 0.6 is 0 Å². The Hall–Kier alpha value is -0.360. The second-order valence-corrected chi connectivity index (χ2v) is 5.42. The molecule has 0 bridgehead atoms. The highest BCUT2D eigenvalue weighted by molar-refractivity contribution is 4.90. The summed E-state index contributed by atoms with van der Waals surface area (Å²) in [5, 5.41) is 57.5. The van der Waals surface area contributed by atoms with Crippen LogP contribution in [0.4, 0.5) is 0 Å². The van der Waals surface area contributed by atoms with Gasteiger partial charge in [-0.2, -0.15) is 0 Å². The van der Waals surface area contributed by atoms with Gasteiger partial charge in [-0.1, -0.05) is 0 Å². The predicted molar refractivity (Wildman–Crippen MR) is 65.8 cm³/mol. The quantitative estimate of drug-likeness (QED) is 0.314. The third-order valence-electron chi connectivity index (χ3n) is 3.79. The molecule has 2 saturated heterocycles. The van der Waals surface area contributed by atoms with Gasteiger partial charge in [0.25, 0.3) is 0 Å². The molecule has 9 atom stereocenters. The predicted octanol–water partition coefficient (Wildman–Crippen LogP) is -3.34. The standard InChI is InChI=1S/C12H22O9/c1-4-10(8(16)9(17)11(18)19-4)21-12-7(15)6(14)2-5(3-13)20-12/h4-18H,2-3H2,1H3/t4-,5-,6-,7+,8-,9+,10-,11+,12-/m0/s1. The SMILES string of the molecule is C[C@@H]1O[C@@H](O)[C@H](O)[C@H](O)[C@H]1O[C@@H]1O[C@H](CO)C[C@H](O)[C@H]1O. The van der Waals surface area contributed by atoms with E-state index in [0.717, 1.165) is 0 Å². The number of rotatable bonds is 3. The van der Waals surface area contributed by atoms with E-state index >= 15 is 0 Å². The zero-order valence-corrected chi connectivity index (χ0v) is 11.5. The van der Waals surface area contributed by atoms with E-state index < -0.39 is 55.3 Å². The van der Waals surface area contributed by atoms with E-state index in [0.29, 0.717) is 0 Å². The zero-order chi connectivity index (χ0) is 15.7. The van der Waals surface area contributed by atoms with Crippen LogP contribution in [-0.4, -0.2) is 92.6 Å². The summed E-state index contributed by atoms with van der Waals surface area (Å²) in [6, 6.07) is 0. The average molecular weight is 310 g/mol. The van der Waals surface area contributed by atoms with Crippen LogP contribution in [0.15, 0.2) is 0 Å². The van der Waals surface area contributed by atoms with Crippen molar-refractivity contribution < 1.29 is 44.8 Å². The van der Waals surface area contributed by atoms with E-state index in [4.69, 9.17) is 19.3 Å². The van der Waals surface area contributed by atoms with Crippen molar-refractivity contribution in [1.29, 1.82) is 0 Å². The maximum absolute atomic E-state index is 9.92. The highest BCUT2D eigenvalue weighted by Crippen LogP contribution is 2.28. The summed E-state index contributed by atoms with van der Waals surface area (Å²) < 4.78 is 15.7. The smallest absolute Gasteiger partial charge is 0.186 e. The molecule has 0 aliphatic carbocycles. The van der Waals surface area contributed by atoms with Gasteiger partial charge in [-0.15, -0.1) is 0 Å². The lowest BCUT2D eigenvalue weighted by Crippen LogP contribution is -2.60. The number of hydrogen-bond donors (Lipinski definition) is 6. The molecule has 2 fully saturated rings. The van der Waals surface area contributed by atoms with Crippen molar-refractivity contribution in [1.82, 2.24) is 0 Å². The Morgan fingerprint density at radius 2 is 1.67 bits per heavy atom. The van der Waals surface area contributed by atoms with E-state index in [-0.39, 0.29) is 13.0 Å². The Kier molecular flexibility index (Phi) is 5.52. The molecule has 9 heteroatoms. The summed E-state index contributed by atoms with van der Waals surface area (Å²) >= 11 is 0. The normalized spacial score (nSPS) is 51.9. The minimum Gasteiger partial charge on any atom is -0.394 e. The second-order valence-electron chi connectivity index (χ2n) is 5.42. The van der Waals surface area contributed by atoms with Gasteiger partial charge in [0, 0.05) is 6.42 Å². The van der Waals surface area contributed by atoms with Gasteiger partial charge in [-0.3, -0.25) is 0 Å². The first-order valence-electron chi connectivity index (χ1n) is 6.82. The molecule has 2 aliphatic heterocycles. The highest BCUT2D eigenvalue weighted by atomic mass is 16.7. The Bertz CT molecular complexity index is 341. The Labute approximate surface area is 121 Å². The Morgan fingerprint density at radius 1 is 1.00 bits per heavy atom. The molecule has 0 aromatic heterocycles. The molecular formula is C12H22O9. The molecule has 21 heavy (non-hydrogen) atoms. The first kappa shape index (κ1) is 17.0. The summed E-state index contributed by atoms with van der Waals surface area (Å²) in [7, 11) is 0. The fourth-order valence-corrected chi connectivity index (χ4v) is 2.51. The van der Waals surface area contributed by atoms with E-state index in [1.54, 1.807) is 0 Å². The number of ether oxygens (including phenoxy) is 3. The van der Waals surface area contributed by atoms with Crippen molar-refractivity contribution in [3.05, 3.63) is 0 Å². The third-order valence-corrected chi connectivity index (χ3v) is 3.79. The molecule has 0 spiro atoms. The molecule has 6 N–H and O–H groups in total. The lowest BCUT2D eigenvalue weighted by molar-refractivity contribution is -0.340. The van der Waals surface area contributed by atoms with Crippen LogP contribution in [0.3, 0.4) is 0 Å². The van der Waals surface area contributed by atoms with Crippen LogP contribution in [0, 0.1) is 0 Å². The summed E-state index contributed by atoms with van der Waals surface area (Å²) in [6.07, 6.45) is -10.9. The second kappa shape index (κ2) is 6.82. The van der Waals surface area contributed by atoms with Crippen molar-refractivity contribution in [2.45, 2.75) is 68.7 Å². The fourth-order valence-electron chi connectivity index (χ4n) is 2.51. The van der Waals surface area contributed by atoms with Gasteiger partial charge in [0.1, 0.15) is 24.4 Å². The molecule has 9 nitrogen and oxygen atoms in total. The van der Waals surface area contributed by atoms with E-state index in [1.165, 1.54) is 6.92 Å². The molecule has 0 radical (unpaired) electrons. The topological polar surface area (TPSA) is 149 Å².